The van der Waals surface area contributed by atoms with Gasteiger partial charge >= 0.3 is 5.97 Å². The minimum absolute atomic E-state index is 0.199. The minimum Gasteiger partial charge on any atom is -0.496 e. The highest BCUT2D eigenvalue weighted by Crippen LogP contribution is 2.39. The van der Waals surface area contributed by atoms with Crippen molar-refractivity contribution in [1.82, 2.24) is 0 Å². The van der Waals surface area contributed by atoms with Gasteiger partial charge < -0.3 is 28.8 Å². The van der Waals surface area contributed by atoms with Crippen molar-refractivity contribution in [1.29, 1.82) is 0 Å². The summed E-state index contributed by atoms with van der Waals surface area (Å²) >= 11 is 0. The van der Waals surface area contributed by atoms with Crippen molar-refractivity contribution in [3.05, 3.63) is 47.5 Å². The van der Waals surface area contributed by atoms with Crippen LogP contribution in [0, 0.1) is 0 Å². The van der Waals surface area contributed by atoms with E-state index in [9.17, 15) is 9.90 Å². The predicted molar refractivity (Wildman–Crippen MR) is 117 cm³/mol. The minimum atomic E-state index is -0.745. The van der Waals surface area contributed by atoms with Crippen LogP contribution in [0.2, 0.25) is 0 Å². The Balaban J connectivity index is 2.06. The molecular weight excluding hydrogens is 400 g/mol. The van der Waals surface area contributed by atoms with E-state index in [1.165, 1.54) is 0 Å². The maximum absolute atomic E-state index is 11.9. The van der Waals surface area contributed by atoms with Gasteiger partial charge in [0.2, 0.25) is 0 Å². The van der Waals surface area contributed by atoms with E-state index in [0.717, 1.165) is 5.56 Å². The van der Waals surface area contributed by atoms with Gasteiger partial charge in [-0.1, -0.05) is 12.1 Å². The van der Waals surface area contributed by atoms with Gasteiger partial charge in [0.1, 0.15) is 17.1 Å². The lowest BCUT2D eigenvalue weighted by atomic mass is 9.99. The second kappa shape index (κ2) is 10.9. The van der Waals surface area contributed by atoms with E-state index in [-0.39, 0.29) is 6.61 Å². The van der Waals surface area contributed by atoms with E-state index >= 15 is 0 Å². The van der Waals surface area contributed by atoms with Crippen molar-refractivity contribution < 1.29 is 33.6 Å². The van der Waals surface area contributed by atoms with E-state index in [4.69, 9.17) is 23.7 Å². The molecule has 2 rings (SSSR count). The maximum atomic E-state index is 11.9. The third-order valence-electron chi connectivity index (χ3n) is 4.51. The number of benzene rings is 2. The van der Waals surface area contributed by atoms with Crippen molar-refractivity contribution in [2.24, 2.45) is 0 Å². The van der Waals surface area contributed by atoms with Gasteiger partial charge in [-0.05, 0) is 63.4 Å². The highest BCUT2D eigenvalue weighted by atomic mass is 16.6. The summed E-state index contributed by atoms with van der Waals surface area (Å²) in [5.74, 6) is 1.89. The lowest BCUT2D eigenvalue weighted by Crippen LogP contribution is -2.27. The SMILES string of the molecule is COc1ccc(OC)c(OC)c1CC[C@@H](O)c1cccc(OCC(=O)OC(C)(C)C)c1. The van der Waals surface area contributed by atoms with Gasteiger partial charge in [0.05, 0.1) is 27.4 Å². The molecule has 0 aromatic heterocycles. The summed E-state index contributed by atoms with van der Waals surface area (Å²) in [4.78, 5) is 11.9. The van der Waals surface area contributed by atoms with Gasteiger partial charge in [-0.15, -0.1) is 0 Å². The van der Waals surface area contributed by atoms with Crippen LogP contribution in [0.5, 0.6) is 23.0 Å². The monoisotopic (exact) mass is 432 g/mol. The third kappa shape index (κ3) is 7.07. The van der Waals surface area contributed by atoms with Crippen LogP contribution in [0.4, 0.5) is 0 Å². The smallest absolute Gasteiger partial charge is 0.344 e. The second-order valence-corrected chi connectivity index (χ2v) is 7.98. The zero-order valence-electron chi connectivity index (χ0n) is 19.1. The number of rotatable bonds is 10. The van der Waals surface area contributed by atoms with Gasteiger partial charge in [0, 0.05) is 5.56 Å². The summed E-state index contributed by atoms with van der Waals surface area (Å²) in [6.45, 7) is 5.20. The van der Waals surface area contributed by atoms with E-state index in [2.05, 4.69) is 0 Å². The molecule has 0 bridgehead atoms. The summed E-state index contributed by atoms with van der Waals surface area (Å²) in [5, 5.41) is 10.7. The Morgan fingerprint density at radius 1 is 1.00 bits per heavy atom. The molecule has 0 saturated carbocycles. The fourth-order valence-corrected chi connectivity index (χ4v) is 3.17. The van der Waals surface area contributed by atoms with Gasteiger partial charge in [-0.3, -0.25) is 0 Å². The van der Waals surface area contributed by atoms with Crippen molar-refractivity contribution >= 4 is 5.97 Å². The van der Waals surface area contributed by atoms with Crippen molar-refractivity contribution in [2.45, 2.75) is 45.3 Å². The van der Waals surface area contributed by atoms with Crippen LogP contribution in [0.25, 0.3) is 0 Å². The molecule has 0 aliphatic heterocycles. The first-order valence-electron chi connectivity index (χ1n) is 10.1. The van der Waals surface area contributed by atoms with E-state index in [0.29, 0.717) is 41.4 Å². The molecule has 7 heteroatoms. The molecule has 31 heavy (non-hydrogen) atoms. The summed E-state index contributed by atoms with van der Waals surface area (Å²) < 4.78 is 27.1. The summed E-state index contributed by atoms with van der Waals surface area (Å²) in [7, 11) is 4.74. The van der Waals surface area contributed by atoms with Gasteiger partial charge in [0.15, 0.2) is 18.1 Å². The molecule has 0 fully saturated rings. The molecule has 0 heterocycles. The number of carbonyl (C=O) groups excluding carboxylic acids is 1. The zero-order valence-corrected chi connectivity index (χ0v) is 19.1. The Bertz CT molecular complexity index is 871. The normalized spacial score (nSPS) is 12.1. The standard InChI is InChI=1S/C24H32O7/c1-24(2,3)31-22(26)15-30-17-9-7-8-16(14-17)19(25)11-10-18-20(27-4)12-13-21(28-5)23(18)29-6/h7-9,12-14,19,25H,10-11,15H2,1-6H3/t19-/m1/s1. The fourth-order valence-electron chi connectivity index (χ4n) is 3.17. The lowest BCUT2D eigenvalue weighted by Gasteiger charge is -2.20. The molecule has 0 saturated heterocycles. The van der Waals surface area contributed by atoms with Gasteiger partial charge in [0.25, 0.3) is 0 Å². The molecule has 0 radical (unpaired) electrons. The Morgan fingerprint density at radius 3 is 2.29 bits per heavy atom. The van der Waals surface area contributed by atoms with Crippen molar-refractivity contribution in [2.75, 3.05) is 27.9 Å². The van der Waals surface area contributed by atoms with Crippen LogP contribution in [0.1, 0.15) is 44.4 Å². The molecule has 0 aliphatic carbocycles. The zero-order chi connectivity index (χ0) is 23.0. The number of esters is 1. The number of ether oxygens (including phenoxy) is 5. The van der Waals surface area contributed by atoms with Crippen molar-refractivity contribution in [3.63, 3.8) is 0 Å². The van der Waals surface area contributed by atoms with Crippen LogP contribution in [-0.4, -0.2) is 44.6 Å². The predicted octanol–water partition coefficient (Wildman–Crippen LogP) is 4.10. The van der Waals surface area contributed by atoms with Gasteiger partial charge in [-0.2, -0.15) is 0 Å². The first-order valence-corrected chi connectivity index (χ1v) is 10.1. The third-order valence-corrected chi connectivity index (χ3v) is 4.51. The van der Waals surface area contributed by atoms with E-state index in [1.807, 2.05) is 12.1 Å². The largest absolute Gasteiger partial charge is 0.496 e. The number of methoxy groups -OCH3 is 3. The molecular formula is C24H32O7. The molecule has 0 unspecified atom stereocenters. The Labute approximate surface area is 183 Å². The Morgan fingerprint density at radius 2 is 1.68 bits per heavy atom. The Hall–Kier alpha value is -2.93. The maximum Gasteiger partial charge on any atom is 0.344 e. The average molecular weight is 433 g/mol. The van der Waals surface area contributed by atoms with Crippen LogP contribution < -0.4 is 18.9 Å². The summed E-state index contributed by atoms with van der Waals surface area (Å²) in [6, 6.07) is 10.6. The molecule has 1 atom stereocenters. The van der Waals surface area contributed by atoms with E-state index in [1.54, 1.807) is 66.4 Å². The molecule has 0 spiro atoms. The number of hydrogen-bond donors (Lipinski definition) is 1. The first-order chi connectivity index (χ1) is 14.7. The molecule has 2 aromatic rings. The first kappa shape index (κ1) is 24.3. The van der Waals surface area contributed by atoms with Crippen molar-refractivity contribution in [3.8, 4) is 23.0 Å². The number of hydrogen-bond acceptors (Lipinski definition) is 7. The molecule has 2 aromatic carbocycles. The van der Waals surface area contributed by atoms with Gasteiger partial charge in [-0.25, -0.2) is 4.79 Å². The molecule has 1 N–H and O–H groups in total. The van der Waals surface area contributed by atoms with Crippen LogP contribution in [-0.2, 0) is 16.0 Å². The topological polar surface area (TPSA) is 83.5 Å². The second-order valence-electron chi connectivity index (χ2n) is 7.98. The lowest BCUT2D eigenvalue weighted by molar-refractivity contribution is -0.157. The number of carbonyl (C=O) groups is 1. The average Bonchev–Trinajstić information content (AvgIpc) is 2.74. The molecule has 170 valence electrons. The number of aliphatic hydroxyl groups is 1. The summed E-state index contributed by atoms with van der Waals surface area (Å²) in [5.41, 5.74) is 0.934. The highest BCUT2D eigenvalue weighted by molar-refractivity contribution is 5.71. The fraction of sp³-hybridized carbons (Fsp3) is 0.458. The molecule has 0 amide bonds. The van der Waals surface area contributed by atoms with Crippen LogP contribution in [0.3, 0.4) is 0 Å². The Kier molecular flexibility index (Phi) is 8.56. The van der Waals surface area contributed by atoms with E-state index < -0.39 is 17.7 Å². The number of aliphatic hydroxyl groups excluding tert-OH is 1. The molecule has 0 aliphatic rings. The quantitative estimate of drug-likeness (QED) is 0.566. The van der Waals surface area contributed by atoms with Crippen LogP contribution in [0.15, 0.2) is 36.4 Å². The summed E-state index contributed by atoms with van der Waals surface area (Å²) in [6.07, 6.45) is 0.189. The van der Waals surface area contributed by atoms with Crippen LogP contribution >= 0.6 is 0 Å². The highest BCUT2D eigenvalue weighted by Gasteiger charge is 2.19. The molecule has 7 nitrogen and oxygen atoms in total.